The molecule has 0 spiro atoms. The van der Waals surface area contributed by atoms with Gasteiger partial charge < -0.3 is 14.7 Å². The molecule has 8 heteroatoms. The third kappa shape index (κ3) is 4.61. The maximum absolute atomic E-state index is 13.1. The molecule has 2 heterocycles. The summed E-state index contributed by atoms with van der Waals surface area (Å²) in [6.07, 6.45) is 1.01. The lowest BCUT2D eigenvalue weighted by molar-refractivity contribution is 0.0787. The Bertz CT molecular complexity index is 992. The molecule has 1 saturated heterocycles. The number of amides is 1. The monoisotopic (exact) mass is 432 g/mol. The van der Waals surface area contributed by atoms with Crippen LogP contribution in [0.5, 0.6) is 0 Å². The first-order valence-corrected chi connectivity index (χ1v) is 9.66. The van der Waals surface area contributed by atoms with Crippen molar-refractivity contribution in [3.05, 3.63) is 59.1 Å². The topological polar surface area (TPSA) is 71.3 Å². The Balaban J connectivity index is 0.00000240. The van der Waals surface area contributed by atoms with Crippen LogP contribution in [0.15, 0.2) is 53.1 Å². The number of nitrogens with zero attached hydrogens (tertiary/aromatic N) is 3. The number of hydrogen-bond donors (Lipinski definition) is 1. The van der Waals surface area contributed by atoms with Gasteiger partial charge in [-0.15, -0.1) is 12.4 Å². The standard InChI is InChI=1S/C21H21ClN4O2.ClH/c1-23-12-14-9-10-26(13-14)21(27)18-8-3-2-7-17(18)20-24-19(25-28-20)15-5-4-6-16(22)11-15;/h2-8,11,14,23H,9-10,12-13H2,1H3;1H. The van der Waals surface area contributed by atoms with Crippen LogP contribution in [0, 0.1) is 5.92 Å². The Kier molecular flexibility index (Phi) is 6.90. The molecule has 1 aromatic heterocycles. The van der Waals surface area contributed by atoms with Crippen molar-refractivity contribution in [1.82, 2.24) is 20.4 Å². The summed E-state index contributed by atoms with van der Waals surface area (Å²) in [5.41, 5.74) is 1.99. The van der Waals surface area contributed by atoms with E-state index in [-0.39, 0.29) is 18.3 Å². The molecule has 3 aromatic rings. The minimum Gasteiger partial charge on any atom is -0.338 e. The van der Waals surface area contributed by atoms with Gasteiger partial charge in [-0.3, -0.25) is 4.79 Å². The van der Waals surface area contributed by atoms with Crippen molar-refractivity contribution < 1.29 is 9.32 Å². The Morgan fingerprint density at radius 2 is 2.10 bits per heavy atom. The average Bonchev–Trinajstić information content (AvgIpc) is 3.38. The van der Waals surface area contributed by atoms with Crippen molar-refractivity contribution in [2.24, 2.45) is 5.92 Å². The summed E-state index contributed by atoms with van der Waals surface area (Å²) in [4.78, 5) is 19.5. The van der Waals surface area contributed by atoms with E-state index in [1.165, 1.54) is 0 Å². The van der Waals surface area contributed by atoms with Crippen molar-refractivity contribution in [2.75, 3.05) is 26.7 Å². The SMILES string of the molecule is CNCC1CCN(C(=O)c2ccccc2-c2nc(-c3cccc(Cl)c3)no2)C1.Cl. The van der Waals surface area contributed by atoms with E-state index in [1.807, 2.05) is 48.3 Å². The van der Waals surface area contributed by atoms with Gasteiger partial charge in [0.25, 0.3) is 11.8 Å². The highest BCUT2D eigenvalue weighted by molar-refractivity contribution is 6.30. The Morgan fingerprint density at radius 1 is 1.28 bits per heavy atom. The van der Waals surface area contributed by atoms with E-state index in [2.05, 4.69) is 15.5 Å². The maximum Gasteiger partial charge on any atom is 0.259 e. The van der Waals surface area contributed by atoms with Gasteiger partial charge in [-0.2, -0.15) is 4.98 Å². The number of hydrogen-bond acceptors (Lipinski definition) is 5. The van der Waals surface area contributed by atoms with Gasteiger partial charge in [0.1, 0.15) is 0 Å². The maximum atomic E-state index is 13.1. The van der Waals surface area contributed by atoms with Crippen LogP contribution in [0.25, 0.3) is 22.8 Å². The normalized spacial score (nSPS) is 15.9. The average molecular weight is 433 g/mol. The fourth-order valence-corrected chi connectivity index (χ4v) is 3.77. The van der Waals surface area contributed by atoms with Crippen molar-refractivity contribution >= 4 is 29.9 Å². The zero-order chi connectivity index (χ0) is 19.5. The number of likely N-dealkylation sites (tertiary alicyclic amines) is 1. The molecule has 1 N–H and O–H groups in total. The Morgan fingerprint density at radius 3 is 2.90 bits per heavy atom. The number of halogens is 2. The van der Waals surface area contributed by atoms with Gasteiger partial charge in [-0.05, 0) is 50.2 Å². The van der Waals surface area contributed by atoms with Crippen LogP contribution in [0.4, 0.5) is 0 Å². The lowest BCUT2D eigenvalue weighted by Gasteiger charge is -2.17. The number of benzene rings is 2. The van der Waals surface area contributed by atoms with Gasteiger partial charge in [0.2, 0.25) is 5.82 Å². The molecule has 1 fully saturated rings. The first-order valence-electron chi connectivity index (χ1n) is 9.28. The van der Waals surface area contributed by atoms with E-state index in [9.17, 15) is 4.79 Å². The van der Waals surface area contributed by atoms with Gasteiger partial charge in [-0.1, -0.05) is 41.0 Å². The van der Waals surface area contributed by atoms with Crippen LogP contribution in [0.2, 0.25) is 5.02 Å². The fourth-order valence-electron chi connectivity index (χ4n) is 3.58. The minimum absolute atomic E-state index is 0. The molecular weight excluding hydrogens is 411 g/mol. The zero-order valence-electron chi connectivity index (χ0n) is 16.0. The van der Waals surface area contributed by atoms with E-state index < -0.39 is 0 Å². The third-order valence-corrected chi connectivity index (χ3v) is 5.20. The van der Waals surface area contributed by atoms with Crippen molar-refractivity contribution in [1.29, 1.82) is 0 Å². The molecule has 1 aliphatic heterocycles. The summed E-state index contributed by atoms with van der Waals surface area (Å²) < 4.78 is 5.47. The second kappa shape index (κ2) is 9.39. The largest absolute Gasteiger partial charge is 0.338 e. The molecule has 0 aliphatic carbocycles. The van der Waals surface area contributed by atoms with E-state index in [1.54, 1.807) is 12.1 Å². The molecule has 4 rings (SSSR count). The lowest BCUT2D eigenvalue weighted by Crippen LogP contribution is -2.30. The van der Waals surface area contributed by atoms with Crippen LogP contribution in [0.1, 0.15) is 16.8 Å². The summed E-state index contributed by atoms with van der Waals surface area (Å²) in [6.45, 7) is 2.43. The van der Waals surface area contributed by atoms with E-state index in [0.717, 1.165) is 31.6 Å². The van der Waals surface area contributed by atoms with Gasteiger partial charge >= 0.3 is 0 Å². The quantitative estimate of drug-likeness (QED) is 0.654. The molecule has 29 heavy (non-hydrogen) atoms. The van der Waals surface area contributed by atoms with Crippen LogP contribution >= 0.6 is 24.0 Å². The summed E-state index contributed by atoms with van der Waals surface area (Å²) >= 11 is 6.05. The molecular formula is C21H22Cl2N4O2. The van der Waals surface area contributed by atoms with Gasteiger partial charge in [-0.25, -0.2) is 0 Å². The number of carbonyl (C=O) groups is 1. The summed E-state index contributed by atoms with van der Waals surface area (Å²) in [6, 6.07) is 14.6. The van der Waals surface area contributed by atoms with Crippen molar-refractivity contribution in [2.45, 2.75) is 6.42 Å². The minimum atomic E-state index is -0.00305. The number of rotatable bonds is 5. The first-order chi connectivity index (χ1) is 13.7. The highest BCUT2D eigenvalue weighted by Crippen LogP contribution is 2.28. The lowest BCUT2D eigenvalue weighted by atomic mass is 10.1. The van der Waals surface area contributed by atoms with E-state index in [0.29, 0.717) is 33.8 Å². The van der Waals surface area contributed by atoms with Gasteiger partial charge in [0.15, 0.2) is 0 Å². The summed E-state index contributed by atoms with van der Waals surface area (Å²) in [5.74, 6) is 1.25. The number of carbonyl (C=O) groups excluding carboxylic acids is 1. The first kappa shape index (κ1) is 21.3. The van der Waals surface area contributed by atoms with E-state index in [4.69, 9.17) is 16.1 Å². The molecule has 1 unspecified atom stereocenters. The predicted octanol–water partition coefficient (Wildman–Crippen LogP) is 4.16. The molecule has 0 bridgehead atoms. The molecule has 0 radical (unpaired) electrons. The summed E-state index contributed by atoms with van der Waals surface area (Å²) in [7, 11) is 1.94. The smallest absolute Gasteiger partial charge is 0.259 e. The van der Waals surface area contributed by atoms with E-state index >= 15 is 0 Å². The molecule has 1 aliphatic rings. The molecule has 6 nitrogen and oxygen atoms in total. The molecule has 2 aromatic carbocycles. The predicted molar refractivity (Wildman–Crippen MR) is 115 cm³/mol. The number of aromatic nitrogens is 2. The van der Waals surface area contributed by atoms with Crippen LogP contribution in [-0.2, 0) is 0 Å². The highest BCUT2D eigenvalue weighted by atomic mass is 35.5. The van der Waals surface area contributed by atoms with Crippen molar-refractivity contribution in [3.63, 3.8) is 0 Å². The van der Waals surface area contributed by atoms with Gasteiger partial charge in [0, 0.05) is 23.7 Å². The van der Waals surface area contributed by atoms with Crippen LogP contribution in [-0.4, -0.2) is 47.6 Å². The fraction of sp³-hybridized carbons (Fsp3) is 0.286. The third-order valence-electron chi connectivity index (χ3n) is 4.96. The molecule has 152 valence electrons. The Hall–Kier alpha value is -2.41. The highest BCUT2D eigenvalue weighted by Gasteiger charge is 2.28. The van der Waals surface area contributed by atoms with Crippen LogP contribution < -0.4 is 5.32 Å². The zero-order valence-corrected chi connectivity index (χ0v) is 17.5. The molecule has 1 atom stereocenters. The van der Waals surface area contributed by atoms with Crippen molar-refractivity contribution in [3.8, 4) is 22.8 Å². The van der Waals surface area contributed by atoms with Crippen LogP contribution in [0.3, 0.4) is 0 Å². The summed E-state index contributed by atoms with van der Waals surface area (Å²) in [5, 5.41) is 7.85. The second-order valence-electron chi connectivity index (χ2n) is 6.94. The molecule has 0 saturated carbocycles. The Labute approximate surface area is 180 Å². The molecule has 1 amide bonds. The second-order valence-corrected chi connectivity index (χ2v) is 7.38. The number of nitrogens with one attached hydrogen (secondary N) is 1. The van der Waals surface area contributed by atoms with Gasteiger partial charge in [0.05, 0.1) is 11.1 Å².